The maximum Gasteiger partial charge on any atom is 0.412 e. The number of hydrogen-bond acceptors (Lipinski definition) is 5. The number of sulfonamides is 1. The second-order valence-electron chi connectivity index (χ2n) is 9.48. The first-order valence-corrected chi connectivity index (χ1v) is 13.8. The molecule has 0 aliphatic rings. The summed E-state index contributed by atoms with van der Waals surface area (Å²) in [5.74, 6) is 0. The van der Waals surface area contributed by atoms with E-state index < -0.39 is 21.7 Å². The van der Waals surface area contributed by atoms with E-state index in [-0.39, 0.29) is 4.90 Å². The minimum absolute atomic E-state index is 0.0360. The molecular weight excluding hydrogens is 556 g/mol. The number of carbonyl (C=O) groups excluding carboxylic acids is 1. The van der Waals surface area contributed by atoms with E-state index in [0.29, 0.717) is 17.8 Å². The molecule has 0 saturated carbocycles. The fraction of sp³-hybridized carbons (Fsp3) is 0.185. The third-order valence-electron chi connectivity index (χ3n) is 5.29. The zero-order valence-electron chi connectivity index (χ0n) is 20.6. The first-order valence-electron chi connectivity index (χ1n) is 11.4. The van der Waals surface area contributed by atoms with Crippen LogP contribution < -0.4 is 10.5 Å². The highest BCUT2D eigenvalue weighted by atomic mass is 79.9. The highest BCUT2D eigenvalue weighted by Crippen LogP contribution is 2.27. The molecule has 4 aromatic rings. The van der Waals surface area contributed by atoms with E-state index >= 15 is 0 Å². The minimum atomic E-state index is -3.79. The topological polar surface area (TPSA) is 116 Å². The van der Waals surface area contributed by atoms with Gasteiger partial charge in [0.15, 0.2) is 0 Å². The second kappa shape index (κ2) is 10.5. The lowest BCUT2D eigenvalue weighted by Gasteiger charge is -2.19. The van der Waals surface area contributed by atoms with Crippen LogP contribution >= 0.6 is 15.9 Å². The molecule has 1 amide bonds. The monoisotopic (exact) mass is 582 g/mol. The van der Waals surface area contributed by atoms with Crippen LogP contribution in [0.3, 0.4) is 0 Å². The first kappa shape index (κ1) is 26.6. The van der Waals surface area contributed by atoms with Crippen molar-refractivity contribution < 1.29 is 17.9 Å². The van der Waals surface area contributed by atoms with Crippen molar-refractivity contribution >= 4 is 37.7 Å². The highest BCUT2D eigenvalue weighted by molar-refractivity contribution is 9.10. The maximum absolute atomic E-state index is 12.0. The Hall–Kier alpha value is -3.47. The Balaban J connectivity index is 1.61. The average molecular weight is 584 g/mol. The van der Waals surface area contributed by atoms with Crippen LogP contribution in [0.2, 0.25) is 0 Å². The van der Waals surface area contributed by atoms with Gasteiger partial charge in [0.2, 0.25) is 10.0 Å². The Morgan fingerprint density at radius 1 is 1.00 bits per heavy atom. The molecule has 0 radical (unpaired) electrons. The van der Waals surface area contributed by atoms with Gasteiger partial charge in [-0.05, 0) is 80.9 Å². The molecule has 0 atom stereocenters. The van der Waals surface area contributed by atoms with Crippen molar-refractivity contribution in [1.82, 2.24) is 9.78 Å². The summed E-state index contributed by atoms with van der Waals surface area (Å²) in [4.78, 5) is 12.1. The van der Waals surface area contributed by atoms with Gasteiger partial charge in [-0.1, -0.05) is 40.2 Å². The van der Waals surface area contributed by atoms with Crippen LogP contribution in [0.4, 0.5) is 10.5 Å². The number of anilines is 1. The largest absolute Gasteiger partial charge is 0.444 e. The number of primary sulfonamides is 1. The van der Waals surface area contributed by atoms with E-state index in [1.807, 2.05) is 75.4 Å². The number of ether oxygens (including phenoxy) is 1. The molecule has 3 aromatic carbocycles. The maximum atomic E-state index is 12.0. The highest BCUT2D eigenvalue weighted by Gasteiger charge is 2.17. The van der Waals surface area contributed by atoms with Crippen LogP contribution in [-0.4, -0.2) is 29.9 Å². The van der Waals surface area contributed by atoms with Gasteiger partial charge in [0.25, 0.3) is 0 Å². The van der Waals surface area contributed by atoms with E-state index in [0.717, 1.165) is 27.0 Å². The minimum Gasteiger partial charge on any atom is -0.444 e. The molecule has 8 nitrogen and oxygen atoms in total. The van der Waals surface area contributed by atoms with E-state index in [2.05, 4.69) is 21.2 Å². The summed E-state index contributed by atoms with van der Waals surface area (Å²) in [6, 6.07) is 23.6. The van der Waals surface area contributed by atoms with Crippen molar-refractivity contribution in [2.24, 2.45) is 5.14 Å². The molecule has 0 fully saturated rings. The lowest BCUT2D eigenvalue weighted by atomic mass is 10.1. The summed E-state index contributed by atoms with van der Waals surface area (Å²) in [5.41, 5.74) is 4.40. The van der Waals surface area contributed by atoms with Crippen LogP contribution in [0, 0.1) is 0 Å². The van der Waals surface area contributed by atoms with Gasteiger partial charge in [-0.2, -0.15) is 5.10 Å². The lowest BCUT2D eigenvalue weighted by molar-refractivity contribution is 0.0636. The third-order valence-corrected chi connectivity index (χ3v) is 6.75. The summed E-state index contributed by atoms with van der Waals surface area (Å²) in [7, 11) is -3.79. The number of nitrogens with zero attached hydrogens (tertiary/aromatic N) is 2. The van der Waals surface area contributed by atoms with Crippen molar-refractivity contribution in [3.8, 4) is 16.9 Å². The van der Waals surface area contributed by atoms with Crippen molar-refractivity contribution in [3.05, 3.63) is 94.6 Å². The molecule has 3 N–H and O–H groups in total. The molecule has 1 heterocycles. The molecule has 0 bridgehead atoms. The van der Waals surface area contributed by atoms with Crippen LogP contribution in [0.25, 0.3) is 16.9 Å². The molecule has 0 aliphatic heterocycles. The van der Waals surface area contributed by atoms with Gasteiger partial charge >= 0.3 is 6.09 Å². The Labute approximate surface area is 224 Å². The Kier molecular flexibility index (Phi) is 7.54. The van der Waals surface area contributed by atoms with Crippen LogP contribution in [0.15, 0.2) is 88.2 Å². The SMILES string of the molecule is CC(C)(C)OC(=O)Nc1ccc(Cc2cc(-c3ccc(Br)cc3)n(-c3ccc(S(N)(=O)=O)cc3)n2)cc1. The summed E-state index contributed by atoms with van der Waals surface area (Å²) in [6.45, 7) is 5.43. The zero-order valence-corrected chi connectivity index (χ0v) is 23.0. The van der Waals surface area contributed by atoms with E-state index in [9.17, 15) is 13.2 Å². The van der Waals surface area contributed by atoms with E-state index in [1.165, 1.54) is 12.1 Å². The number of hydrogen-bond donors (Lipinski definition) is 2. The summed E-state index contributed by atoms with van der Waals surface area (Å²) in [5, 5.41) is 12.8. The number of nitrogens with two attached hydrogens (primary N) is 1. The molecule has 0 saturated heterocycles. The Morgan fingerprint density at radius 3 is 2.19 bits per heavy atom. The molecule has 0 spiro atoms. The van der Waals surface area contributed by atoms with Gasteiger partial charge in [0.1, 0.15) is 5.60 Å². The number of nitrogens with one attached hydrogen (secondary N) is 1. The molecule has 1 aromatic heterocycles. The fourth-order valence-corrected chi connectivity index (χ4v) is 4.43. The molecule has 10 heteroatoms. The molecule has 4 rings (SSSR count). The predicted octanol–water partition coefficient (Wildman–Crippen LogP) is 5.89. The van der Waals surface area contributed by atoms with Gasteiger partial charge in [-0.3, -0.25) is 5.32 Å². The second-order valence-corrected chi connectivity index (χ2v) is 12.0. The molecule has 37 heavy (non-hydrogen) atoms. The number of rotatable bonds is 6. The quantitative estimate of drug-likeness (QED) is 0.294. The number of halogens is 1. The number of benzene rings is 3. The summed E-state index contributed by atoms with van der Waals surface area (Å²) >= 11 is 3.47. The Bertz CT molecular complexity index is 1510. The van der Waals surface area contributed by atoms with Crippen LogP contribution in [-0.2, 0) is 21.2 Å². The van der Waals surface area contributed by atoms with Crippen molar-refractivity contribution in [2.45, 2.75) is 37.7 Å². The van der Waals surface area contributed by atoms with Crippen molar-refractivity contribution in [3.63, 3.8) is 0 Å². The van der Waals surface area contributed by atoms with Crippen molar-refractivity contribution in [1.29, 1.82) is 0 Å². The van der Waals surface area contributed by atoms with Crippen molar-refractivity contribution in [2.75, 3.05) is 5.32 Å². The van der Waals surface area contributed by atoms with Gasteiger partial charge in [0, 0.05) is 22.1 Å². The van der Waals surface area contributed by atoms with Gasteiger partial charge < -0.3 is 4.74 Å². The first-order chi connectivity index (χ1) is 17.4. The predicted molar refractivity (Wildman–Crippen MR) is 147 cm³/mol. The molecule has 0 aliphatic carbocycles. The number of aromatic nitrogens is 2. The lowest BCUT2D eigenvalue weighted by Crippen LogP contribution is -2.27. The molecular formula is C27H27BrN4O4S. The molecule has 0 unspecified atom stereocenters. The van der Waals surface area contributed by atoms with Gasteiger partial charge in [-0.15, -0.1) is 0 Å². The number of carbonyl (C=O) groups is 1. The van der Waals surface area contributed by atoms with E-state index in [4.69, 9.17) is 15.0 Å². The standard InChI is InChI=1S/C27H27BrN4O4S/c1-27(2,3)36-26(33)30-21-10-4-18(5-11-21)16-22-17-25(19-6-8-20(28)9-7-19)32(31-22)23-12-14-24(15-13-23)37(29,34)35/h4-15,17H,16H2,1-3H3,(H,30,33)(H2,29,34,35). The third kappa shape index (κ3) is 7.06. The fourth-order valence-electron chi connectivity index (χ4n) is 3.65. The summed E-state index contributed by atoms with van der Waals surface area (Å²) in [6.07, 6.45) is 0.0463. The molecule has 192 valence electrons. The van der Waals surface area contributed by atoms with E-state index in [1.54, 1.807) is 16.8 Å². The summed E-state index contributed by atoms with van der Waals surface area (Å²) < 4.78 is 31.4. The smallest absolute Gasteiger partial charge is 0.412 e. The number of amides is 1. The normalized spacial score (nSPS) is 11.8. The van der Waals surface area contributed by atoms with Gasteiger partial charge in [0.05, 0.1) is 22.0 Å². The zero-order chi connectivity index (χ0) is 26.8. The van der Waals surface area contributed by atoms with Crippen LogP contribution in [0.1, 0.15) is 32.0 Å². The van der Waals surface area contributed by atoms with Gasteiger partial charge in [-0.25, -0.2) is 23.0 Å². The average Bonchev–Trinajstić information content (AvgIpc) is 3.23. The van der Waals surface area contributed by atoms with Crippen LogP contribution in [0.5, 0.6) is 0 Å². The Morgan fingerprint density at radius 2 is 1.62 bits per heavy atom.